The molecule has 0 unspecified atom stereocenters. The van der Waals surface area contributed by atoms with Gasteiger partial charge in [0.25, 0.3) is 0 Å². The van der Waals surface area contributed by atoms with Crippen LogP contribution < -0.4 is 4.18 Å². The monoisotopic (exact) mass is 266 g/mol. The Morgan fingerprint density at radius 1 is 1.29 bits per heavy atom. The zero-order valence-corrected chi connectivity index (χ0v) is 8.84. The molecule has 2 rings (SSSR count). The predicted molar refractivity (Wildman–Crippen MR) is 51.7 cm³/mol. The second kappa shape index (κ2) is 3.62. The molecule has 0 aliphatic carbocycles. The highest BCUT2D eigenvalue weighted by Crippen LogP contribution is 2.28. The first-order chi connectivity index (χ1) is 7.79. The number of benzene rings is 1. The first-order valence-electron chi connectivity index (χ1n) is 4.23. The van der Waals surface area contributed by atoms with Gasteiger partial charge in [0.1, 0.15) is 5.75 Å². The summed E-state index contributed by atoms with van der Waals surface area (Å²) in [6.07, 6.45) is 1.34. The van der Waals surface area contributed by atoms with Crippen LogP contribution in [0.25, 0.3) is 10.9 Å². The molecule has 9 heteroatoms. The maximum Gasteiger partial charge on any atom is 0.534 e. The lowest BCUT2D eigenvalue weighted by Crippen LogP contribution is -2.28. The van der Waals surface area contributed by atoms with E-state index < -0.39 is 21.4 Å². The molecule has 0 atom stereocenters. The summed E-state index contributed by atoms with van der Waals surface area (Å²) >= 11 is 0. The zero-order valence-electron chi connectivity index (χ0n) is 8.02. The van der Waals surface area contributed by atoms with Crippen molar-refractivity contribution in [1.82, 2.24) is 10.2 Å². The van der Waals surface area contributed by atoms with Crippen LogP contribution >= 0.6 is 0 Å². The van der Waals surface area contributed by atoms with Gasteiger partial charge in [-0.1, -0.05) is 0 Å². The first kappa shape index (κ1) is 11.7. The van der Waals surface area contributed by atoms with Crippen molar-refractivity contribution in [2.45, 2.75) is 5.51 Å². The van der Waals surface area contributed by atoms with E-state index in [-0.39, 0.29) is 0 Å². The molecule has 1 heterocycles. The lowest BCUT2D eigenvalue weighted by atomic mass is 10.2. The Balaban J connectivity index is 2.36. The molecule has 0 spiro atoms. The highest BCUT2D eigenvalue weighted by molar-refractivity contribution is 7.88. The number of alkyl halides is 3. The molecule has 92 valence electrons. The molecule has 1 aromatic carbocycles. The largest absolute Gasteiger partial charge is 0.534 e. The Hall–Kier alpha value is -1.77. The molecule has 0 fully saturated rings. The first-order valence-corrected chi connectivity index (χ1v) is 5.64. The van der Waals surface area contributed by atoms with Gasteiger partial charge < -0.3 is 4.18 Å². The van der Waals surface area contributed by atoms with Gasteiger partial charge in [-0.15, -0.1) is 0 Å². The van der Waals surface area contributed by atoms with Gasteiger partial charge >= 0.3 is 15.6 Å². The minimum absolute atomic E-state index is 0.420. The smallest absolute Gasteiger partial charge is 0.376 e. The van der Waals surface area contributed by atoms with Crippen molar-refractivity contribution in [3.63, 3.8) is 0 Å². The summed E-state index contributed by atoms with van der Waals surface area (Å²) < 4.78 is 61.5. The highest BCUT2D eigenvalue weighted by atomic mass is 32.2. The zero-order chi connectivity index (χ0) is 12.7. The minimum atomic E-state index is -5.63. The number of halogens is 3. The van der Waals surface area contributed by atoms with Crippen molar-refractivity contribution in [2.75, 3.05) is 0 Å². The van der Waals surface area contributed by atoms with E-state index in [9.17, 15) is 21.6 Å². The van der Waals surface area contributed by atoms with E-state index in [4.69, 9.17) is 0 Å². The number of aromatic nitrogens is 2. The van der Waals surface area contributed by atoms with E-state index in [2.05, 4.69) is 14.4 Å². The molecule has 17 heavy (non-hydrogen) atoms. The van der Waals surface area contributed by atoms with Crippen molar-refractivity contribution in [3.05, 3.63) is 24.4 Å². The lowest BCUT2D eigenvalue weighted by Gasteiger charge is -2.08. The summed E-state index contributed by atoms with van der Waals surface area (Å²) in [6, 6.07) is 3.61. The van der Waals surface area contributed by atoms with Gasteiger partial charge in [-0.2, -0.15) is 26.7 Å². The number of hydrogen-bond donors (Lipinski definition) is 1. The maximum atomic E-state index is 12.0. The standard InChI is InChI=1S/C8H5F3N2O3S/c9-8(10,11)17(14,15)16-6-1-2-7-5(3-6)4-12-13-7/h1-4H,(H,12,13). The average Bonchev–Trinajstić information content (AvgIpc) is 2.62. The van der Waals surface area contributed by atoms with Crippen LogP contribution in [0, 0.1) is 0 Å². The highest BCUT2D eigenvalue weighted by Gasteiger charge is 2.48. The van der Waals surface area contributed by atoms with Crippen molar-refractivity contribution < 1.29 is 25.8 Å². The van der Waals surface area contributed by atoms with E-state index in [0.717, 1.165) is 12.1 Å². The number of nitrogens with zero attached hydrogens (tertiary/aromatic N) is 1. The quantitative estimate of drug-likeness (QED) is 0.664. The molecule has 0 aliphatic rings. The van der Waals surface area contributed by atoms with Crippen LogP contribution in [0.5, 0.6) is 5.75 Å². The lowest BCUT2D eigenvalue weighted by molar-refractivity contribution is -0.0500. The maximum absolute atomic E-state index is 12.0. The van der Waals surface area contributed by atoms with Crippen LogP contribution in [0.3, 0.4) is 0 Å². The van der Waals surface area contributed by atoms with Gasteiger partial charge in [-0.3, -0.25) is 5.10 Å². The number of H-pyrrole nitrogens is 1. The molecule has 1 aromatic heterocycles. The van der Waals surface area contributed by atoms with E-state index in [0.29, 0.717) is 10.9 Å². The Morgan fingerprint density at radius 3 is 2.65 bits per heavy atom. The van der Waals surface area contributed by atoms with Gasteiger partial charge in [0.15, 0.2) is 0 Å². The van der Waals surface area contributed by atoms with E-state index in [1.807, 2.05) is 0 Å². The summed E-state index contributed by atoms with van der Waals surface area (Å²) in [5.74, 6) is -0.420. The van der Waals surface area contributed by atoms with Gasteiger partial charge in [-0.25, -0.2) is 0 Å². The third kappa shape index (κ3) is 2.18. The number of aromatic amines is 1. The molecule has 0 amide bonds. The van der Waals surface area contributed by atoms with Crippen LogP contribution in [-0.4, -0.2) is 24.1 Å². The third-order valence-electron chi connectivity index (χ3n) is 1.90. The molecule has 0 saturated carbocycles. The third-order valence-corrected chi connectivity index (χ3v) is 2.88. The Kier molecular flexibility index (Phi) is 2.49. The fourth-order valence-corrected chi connectivity index (χ4v) is 1.60. The van der Waals surface area contributed by atoms with Crippen LogP contribution in [0.15, 0.2) is 24.4 Å². The summed E-state index contributed by atoms with van der Waals surface area (Å²) in [4.78, 5) is 0. The van der Waals surface area contributed by atoms with E-state index in [1.165, 1.54) is 12.3 Å². The number of hydrogen-bond acceptors (Lipinski definition) is 4. The van der Waals surface area contributed by atoms with Gasteiger partial charge in [0, 0.05) is 5.39 Å². The second-order valence-corrected chi connectivity index (χ2v) is 4.64. The Morgan fingerprint density at radius 2 is 2.00 bits per heavy atom. The van der Waals surface area contributed by atoms with Gasteiger partial charge in [-0.05, 0) is 18.2 Å². The van der Waals surface area contributed by atoms with Crippen LogP contribution in [0.1, 0.15) is 0 Å². The molecule has 1 N–H and O–H groups in total. The topological polar surface area (TPSA) is 72.1 Å². The molecular formula is C8H5F3N2O3S. The fourth-order valence-electron chi connectivity index (χ4n) is 1.15. The van der Waals surface area contributed by atoms with E-state index >= 15 is 0 Å². The summed E-state index contributed by atoms with van der Waals surface area (Å²) in [7, 11) is -5.63. The molecular weight excluding hydrogens is 261 g/mol. The van der Waals surface area contributed by atoms with Crippen LogP contribution in [0.4, 0.5) is 13.2 Å². The molecule has 0 saturated heterocycles. The van der Waals surface area contributed by atoms with Crippen molar-refractivity contribution >= 4 is 21.0 Å². The van der Waals surface area contributed by atoms with Crippen molar-refractivity contribution in [2.24, 2.45) is 0 Å². The minimum Gasteiger partial charge on any atom is -0.376 e. The Labute approximate surface area is 93.3 Å². The summed E-state index contributed by atoms with van der Waals surface area (Å²) in [5.41, 5.74) is -4.89. The summed E-state index contributed by atoms with van der Waals surface area (Å²) in [5, 5.41) is 6.64. The summed E-state index contributed by atoms with van der Waals surface area (Å²) in [6.45, 7) is 0. The van der Waals surface area contributed by atoms with Crippen LogP contribution in [0.2, 0.25) is 0 Å². The SMILES string of the molecule is O=S(=O)(Oc1ccc2[nH]ncc2c1)C(F)(F)F. The van der Waals surface area contributed by atoms with Gasteiger partial charge in [0.05, 0.1) is 11.7 Å². The molecule has 5 nitrogen and oxygen atoms in total. The number of rotatable bonds is 2. The molecule has 2 aromatic rings. The second-order valence-electron chi connectivity index (χ2n) is 3.10. The molecule has 0 bridgehead atoms. The average molecular weight is 266 g/mol. The van der Waals surface area contributed by atoms with Crippen LogP contribution in [-0.2, 0) is 10.1 Å². The molecule has 0 radical (unpaired) electrons. The number of nitrogens with one attached hydrogen (secondary N) is 1. The van der Waals surface area contributed by atoms with Gasteiger partial charge in [0.2, 0.25) is 0 Å². The Bertz CT molecular complexity index is 647. The van der Waals surface area contributed by atoms with Crippen molar-refractivity contribution in [3.8, 4) is 5.75 Å². The number of fused-ring (bicyclic) bond motifs is 1. The predicted octanol–water partition coefficient (Wildman–Crippen LogP) is 1.79. The van der Waals surface area contributed by atoms with Crippen molar-refractivity contribution in [1.29, 1.82) is 0 Å². The van der Waals surface area contributed by atoms with E-state index in [1.54, 1.807) is 0 Å². The normalized spacial score (nSPS) is 12.9. The fraction of sp³-hybridized carbons (Fsp3) is 0.125. The molecule has 0 aliphatic heterocycles.